The number of carbonyl (C=O) groups excluding carboxylic acids is 1. The molecule has 7 heteroatoms. The van der Waals surface area contributed by atoms with Crippen molar-refractivity contribution in [3.8, 4) is 0 Å². The Labute approximate surface area is 113 Å². The van der Waals surface area contributed by atoms with E-state index in [1.807, 2.05) is 0 Å². The van der Waals surface area contributed by atoms with Gasteiger partial charge in [-0.25, -0.2) is 9.59 Å². The van der Waals surface area contributed by atoms with Crippen molar-refractivity contribution in [2.24, 2.45) is 0 Å². The van der Waals surface area contributed by atoms with Crippen LogP contribution in [0.3, 0.4) is 0 Å². The summed E-state index contributed by atoms with van der Waals surface area (Å²) in [6.45, 7) is -0.181. The van der Waals surface area contributed by atoms with Crippen molar-refractivity contribution in [2.45, 2.75) is 25.4 Å². The third-order valence-corrected chi connectivity index (χ3v) is 3.27. The molecule has 0 atom stereocenters. The monoisotopic (exact) mass is 275 g/mol. The first-order valence-corrected chi connectivity index (χ1v) is 6.30. The summed E-state index contributed by atoms with van der Waals surface area (Å²) in [5.74, 6) is -1.42. The van der Waals surface area contributed by atoms with Gasteiger partial charge in [-0.2, -0.15) is 0 Å². The molecule has 2 aromatic rings. The molecular formula is C13H13N3O4. The summed E-state index contributed by atoms with van der Waals surface area (Å²) in [6, 6.07) is 4.77. The number of imidazole rings is 1. The van der Waals surface area contributed by atoms with E-state index in [1.165, 1.54) is 6.07 Å². The van der Waals surface area contributed by atoms with Crippen LogP contribution in [0, 0.1) is 0 Å². The van der Waals surface area contributed by atoms with Gasteiger partial charge in [0.1, 0.15) is 6.54 Å². The summed E-state index contributed by atoms with van der Waals surface area (Å²) in [5.41, 5.74) is 0.171. The maximum atomic E-state index is 11.9. The number of amides is 1. The van der Waals surface area contributed by atoms with Gasteiger partial charge in [0.2, 0.25) is 5.91 Å². The van der Waals surface area contributed by atoms with Gasteiger partial charge >= 0.3 is 11.7 Å². The maximum absolute atomic E-state index is 11.9. The van der Waals surface area contributed by atoms with Crippen molar-refractivity contribution in [3.05, 3.63) is 34.2 Å². The molecule has 7 nitrogen and oxygen atoms in total. The quantitative estimate of drug-likeness (QED) is 0.746. The van der Waals surface area contributed by atoms with E-state index in [-0.39, 0.29) is 29.6 Å². The number of nitrogens with one attached hydrogen (secondary N) is 2. The smallest absolute Gasteiger partial charge is 0.337 e. The molecule has 1 heterocycles. The highest BCUT2D eigenvalue weighted by Crippen LogP contribution is 2.19. The maximum Gasteiger partial charge on any atom is 0.337 e. The highest BCUT2D eigenvalue weighted by Gasteiger charge is 2.24. The zero-order chi connectivity index (χ0) is 14.3. The highest BCUT2D eigenvalue weighted by molar-refractivity contribution is 6.01. The molecule has 1 aromatic heterocycles. The van der Waals surface area contributed by atoms with Crippen LogP contribution in [0.15, 0.2) is 23.0 Å². The van der Waals surface area contributed by atoms with Crippen molar-refractivity contribution in [3.63, 3.8) is 0 Å². The van der Waals surface area contributed by atoms with E-state index in [0.717, 1.165) is 17.4 Å². The van der Waals surface area contributed by atoms with E-state index in [9.17, 15) is 19.5 Å². The first-order chi connectivity index (χ1) is 9.56. The van der Waals surface area contributed by atoms with E-state index in [4.69, 9.17) is 0 Å². The Morgan fingerprint density at radius 1 is 1.40 bits per heavy atom. The molecule has 0 spiro atoms. The standard InChI is InChI=1S/C13H13N3O4/c17-10(14-7-4-5-7)6-16-11-8(12(18)19)2-1-3-9(11)15-13(16)20/h1-3,7H,4-6H2,(H,14,17)(H,15,20)(H,18,19). The van der Waals surface area contributed by atoms with Gasteiger partial charge in [0.15, 0.2) is 0 Å². The number of carbonyl (C=O) groups is 2. The summed E-state index contributed by atoms with van der Waals surface area (Å²) >= 11 is 0. The molecule has 104 valence electrons. The van der Waals surface area contributed by atoms with Crippen LogP contribution in [-0.2, 0) is 11.3 Å². The summed E-state index contributed by atoms with van der Waals surface area (Å²) in [5, 5.41) is 11.9. The molecule has 20 heavy (non-hydrogen) atoms. The van der Waals surface area contributed by atoms with Crippen molar-refractivity contribution >= 4 is 22.9 Å². The number of para-hydroxylation sites is 1. The van der Waals surface area contributed by atoms with Crippen molar-refractivity contribution in [1.82, 2.24) is 14.9 Å². The molecule has 0 bridgehead atoms. The second-order valence-corrected chi connectivity index (χ2v) is 4.86. The second-order valence-electron chi connectivity index (χ2n) is 4.86. The topological polar surface area (TPSA) is 104 Å². The van der Waals surface area contributed by atoms with E-state index < -0.39 is 11.7 Å². The van der Waals surface area contributed by atoms with Gasteiger partial charge < -0.3 is 15.4 Å². The summed E-state index contributed by atoms with van der Waals surface area (Å²) in [4.78, 5) is 37.5. The molecule has 1 amide bonds. The Bertz CT molecular complexity index is 755. The number of H-pyrrole nitrogens is 1. The Hall–Kier alpha value is -2.57. The van der Waals surface area contributed by atoms with Gasteiger partial charge in [0.25, 0.3) is 0 Å². The number of aromatic carboxylic acids is 1. The minimum atomic E-state index is -1.13. The average Bonchev–Trinajstić information content (AvgIpc) is 3.14. The number of fused-ring (bicyclic) bond motifs is 1. The number of rotatable bonds is 4. The van der Waals surface area contributed by atoms with Crippen molar-refractivity contribution in [2.75, 3.05) is 0 Å². The van der Waals surface area contributed by atoms with Crippen LogP contribution in [-0.4, -0.2) is 32.6 Å². The van der Waals surface area contributed by atoms with Crippen LogP contribution in [0.1, 0.15) is 23.2 Å². The molecule has 1 aromatic carbocycles. The molecule has 3 rings (SSSR count). The lowest BCUT2D eigenvalue weighted by molar-refractivity contribution is -0.121. The number of carboxylic acids is 1. The predicted octanol–water partition coefficient (Wildman–Crippen LogP) is 0.306. The fourth-order valence-electron chi connectivity index (χ4n) is 2.19. The molecule has 1 aliphatic carbocycles. The van der Waals surface area contributed by atoms with Crippen LogP contribution in [0.4, 0.5) is 0 Å². The van der Waals surface area contributed by atoms with Gasteiger partial charge in [-0.05, 0) is 25.0 Å². The van der Waals surface area contributed by atoms with Crippen LogP contribution in [0.5, 0.6) is 0 Å². The van der Waals surface area contributed by atoms with Crippen molar-refractivity contribution in [1.29, 1.82) is 0 Å². The number of hydrogen-bond acceptors (Lipinski definition) is 3. The van der Waals surface area contributed by atoms with Gasteiger partial charge in [-0.1, -0.05) is 6.07 Å². The zero-order valence-electron chi connectivity index (χ0n) is 10.5. The molecule has 0 saturated heterocycles. The lowest BCUT2D eigenvalue weighted by atomic mass is 10.2. The number of hydrogen-bond donors (Lipinski definition) is 3. The van der Waals surface area contributed by atoms with Gasteiger partial charge in [0.05, 0.1) is 16.6 Å². The van der Waals surface area contributed by atoms with E-state index in [2.05, 4.69) is 10.3 Å². The first kappa shape index (κ1) is 12.5. The fourth-order valence-corrected chi connectivity index (χ4v) is 2.19. The molecule has 0 radical (unpaired) electrons. The zero-order valence-corrected chi connectivity index (χ0v) is 10.5. The van der Waals surface area contributed by atoms with Crippen LogP contribution in [0.25, 0.3) is 11.0 Å². The highest BCUT2D eigenvalue weighted by atomic mass is 16.4. The molecule has 1 aliphatic rings. The van der Waals surface area contributed by atoms with Crippen molar-refractivity contribution < 1.29 is 14.7 Å². The molecule has 0 aliphatic heterocycles. The van der Waals surface area contributed by atoms with E-state index in [0.29, 0.717) is 5.52 Å². The normalized spacial score (nSPS) is 14.4. The largest absolute Gasteiger partial charge is 0.478 e. The van der Waals surface area contributed by atoms with Gasteiger partial charge in [0, 0.05) is 6.04 Å². The molecular weight excluding hydrogens is 262 g/mol. The van der Waals surface area contributed by atoms with Gasteiger partial charge in [-0.3, -0.25) is 9.36 Å². The minimum absolute atomic E-state index is 0.0000666. The summed E-state index contributed by atoms with van der Waals surface area (Å²) in [7, 11) is 0. The van der Waals surface area contributed by atoms with Crippen LogP contribution < -0.4 is 11.0 Å². The third-order valence-electron chi connectivity index (χ3n) is 3.27. The number of aromatic nitrogens is 2. The summed E-state index contributed by atoms with van der Waals surface area (Å²) < 4.78 is 1.16. The Balaban J connectivity index is 2.04. The van der Waals surface area contributed by atoms with Crippen LogP contribution >= 0.6 is 0 Å². The average molecular weight is 275 g/mol. The lowest BCUT2D eigenvalue weighted by Gasteiger charge is -2.06. The lowest BCUT2D eigenvalue weighted by Crippen LogP contribution is -2.32. The van der Waals surface area contributed by atoms with Crippen LogP contribution in [0.2, 0.25) is 0 Å². The number of nitrogens with zero attached hydrogens (tertiary/aromatic N) is 1. The Morgan fingerprint density at radius 2 is 2.15 bits per heavy atom. The molecule has 1 fully saturated rings. The van der Waals surface area contributed by atoms with Gasteiger partial charge in [-0.15, -0.1) is 0 Å². The van der Waals surface area contributed by atoms with E-state index >= 15 is 0 Å². The molecule has 0 unspecified atom stereocenters. The second kappa shape index (κ2) is 4.52. The first-order valence-electron chi connectivity index (χ1n) is 6.30. The number of aromatic amines is 1. The fraction of sp³-hybridized carbons (Fsp3) is 0.308. The minimum Gasteiger partial charge on any atom is -0.478 e. The number of carboxylic acid groups (broad SMARTS) is 1. The van der Waals surface area contributed by atoms with E-state index in [1.54, 1.807) is 12.1 Å². The SMILES string of the molecule is O=C(Cn1c(=O)[nH]c2cccc(C(=O)O)c21)NC1CC1. The number of benzene rings is 1. The third kappa shape index (κ3) is 2.18. The molecule has 1 saturated carbocycles. The Morgan fingerprint density at radius 3 is 2.80 bits per heavy atom. The summed E-state index contributed by atoms with van der Waals surface area (Å²) in [6.07, 6.45) is 1.91. The predicted molar refractivity (Wildman–Crippen MR) is 70.7 cm³/mol. The molecule has 3 N–H and O–H groups in total. The Kier molecular flexibility index (Phi) is 2.81.